The summed E-state index contributed by atoms with van der Waals surface area (Å²) in [5, 5.41) is 33.7. The summed E-state index contributed by atoms with van der Waals surface area (Å²) >= 11 is 0. The van der Waals surface area contributed by atoms with Crippen LogP contribution in [-0.4, -0.2) is 9.13 Å². The highest BCUT2D eigenvalue weighted by Gasteiger charge is 2.18. The largest absolute Gasteiger partial charge is 0.309 e. The second-order valence-electron chi connectivity index (χ2n) is 12.4. The van der Waals surface area contributed by atoms with Crippen molar-refractivity contribution < 1.29 is 0 Å². The lowest BCUT2D eigenvalue weighted by molar-refractivity contribution is 1.18. The molecule has 5 nitrogen and oxygen atoms in total. The van der Waals surface area contributed by atoms with Gasteiger partial charge >= 0.3 is 0 Å². The molecule has 0 unspecified atom stereocenters. The summed E-state index contributed by atoms with van der Waals surface area (Å²) < 4.78 is 4.42. The summed E-state index contributed by atoms with van der Waals surface area (Å²) in [5.74, 6) is 0. The number of nitrogens with zero attached hydrogens (tertiary/aromatic N) is 5. The minimum atomic E-state index is 0.528. The molecule has 0 aliphatic carbocycles. The minimum absolute atomic E-state index is 0.528. The summed E-state index contributed by atoms with van der Waals surface area (Å²) in [6.07, 6.45) is 0. The van der Waals surface area contributed by atoms with Crippen LogP contribution in [0.2, 0.25) is 0 Å². The van der Waals surface area contributed by atoms with E-state index in [-0.39, 0.29) is 0 Å². The smallest absolute Gasteiger partial charge is 0.0992 e. The SMILES string of the molecule is N#Cc1ccc(-c2cccc(-c3ccc(-n4c5ccccc5c5ccccc54)cc3)c2)c(-n2c3ccc(C#N)cc3c3ccc(C#N)cc32)c1. The van der Waals surface area contributed by atoms with Gasteiger partial charge in [-0.3, -0.25) is 0 Å². The van der Waals surface area contributed by atoms with Crippen molar-refractivity contribution in [3.63, 3.8) is 0 Å². The number of para-hydroxylation sites is 2. The van der Waals surface area contributed by atoms with Crippen LogP contribution in [0.5, 0.6) is 0 Å². The molecular formula is C45H25N5. The summed E-state index contributed by atoms with van der Waals surface area (Å²) in [4.78, 5) is 0. The van der Waals surface area contributed by atoms with Gasteiger partial charge in [0.1, 0.15) is 0 Å². The van der Waals surface area contributed by atoms with Crippen molar-refractivity contribution in [2.75, 3.05) is 0 Å². The Bertz CT molecular complexity index is 2900. The molecular weight excluding hydrogens is 611 g/mol. The van der Waals surface area contributed by atoms with Crippen LogP contribution in [0.4, 0.5) is 0 Å². The monoisotopic (exact) mass is 635 g/mol. The van der Waals surface area contributed by atoms with Crippen molar-refractivity contribution in [3.05, 3.63) is 168 Å². The quantitative estimate of drug-likeness (QED) is 0.193. The maximum atomic E-state index is 9.96. The highest BCUT2D eigenvalue weighted by molar-refractivity contribution is 6.11. The molecule has 2 aromatic heterocycles. The van der Waals surface area contributed by atoms with Gasteiger partial charge in [0.05, 0.1) is 62.7 Å². The fourth-order valence-corrected chi connectivity index (χ4v) is 7.32. The van der Waals surface area contributed by atoms with Crippen molar-refractivity contribution in [2.45, 2.75) is 0 Å². The van der Waals surface area contributed by atoms with Gasteiger partial charge in [0, 0.05) is 32.8 Å². The first-order valence-corrected chi connectivity index (χ1v) is 16.3. The highest BCUT2D eigenvalue weighted by Crippen LogP contribution is 2.39. The first-order chi connectivity index (χ1) is 24.6. The molecule has 0 atom stereocenters. The molecule has 0 saturated heterocycles. The van der Waals surface area contributed by atoms with Crippen molar-refractivity contribution in [2.24, 2.45) is 0 Å². The fraction of sp³-hybridized carbons (Fsp3) is 0. The van der Waals surface area contributed by atoms with E-state index in [9.17, 15) is 15.8 Å². The van der Waals surface area contributed by atoms with E-state index in [2.05, 4.69) is 124 Å². The van der Waals surface area contributed by atoms with E-state index in [1.807, 2.05) is 42.5 Å². The number of fused-ring (bicyclic) bond motifs is 6. The van der Waals surface area contributed by atoms with E-state index in [4.69, 9.17) is 0 Å². The van der Waals surface area contributed by atoms with E-state index < -0.39 is 0 Å². The molecule has 50 heavy (non-hydrogen) atoms. The Hall–Kier alpha value is -7.39. The first kappa shape index (κ1) is 28.8. The molecule has 9 aromatic rings. The molecule has 0 aliphatic rings. The van der Waals surface area contributed by atoms with Gasteiger partial charge in [-0.05, 0) is 89.5 Å². The van der Waals surface area contributed by atoms with Gasteiger partial charge in [0.2, 0.25) is 0 Å². The molecule has 7 aromatic carbocycles. The van der Waals surface area contributed by atoms with Crippen LogP contribution >= 0.6 is 0 Å². The lowest BCUT2D eigenvalue weighted by Gasteiger charge is -2.16. The van der Waals surface area contributed by atoms with Crippen molar-refractivity contribution >= 4 is 43.6 Å². The second kappa shape index (κ2) is 11.4. The van der Waals surface area contributed by atoms with Crippen molar-refractivity contribution in [3.8, 4) is 51.8 Å². The predicted molar refractivity (Wildman–Crippen MR) is 200 cm³/mol. The summed E-state index contributed by atoms with van der Waals surface area (Å²) in [7, 11) is 0. The predicted octanol–water partition coefficient (Wildman–Crippen LogP) is 10.8. The Kier molecular flexibility index (Phi) is 6.56. The van der Waals surface area contributed by atoms with E-state index in [0.29, 0.717) is 16.7 Å². The summed E-state index contributed by atoms with van der Waals surface area (Å²) in [5.41, 5.74) is 11.7. The third-order valence-corrected chi connectivity index (χ3v) is 9.60. The molecule has 0 radical (unpaired) electrons. The number of nitriles is 3. The van der Waals surface area contributed by atoms with Gasteiger partial charge in [0.15, 0.2) is 0 Å². The van der Waals surface area contributed by atoms with Gasteiger partial charge in [0.25, 0.3) is 0 Å². The zero-order valence-electron chi connectivity index (χ0n) is 26.7. The maximum Gasteiger partial charge on any atom is 0.0992 e. The van der Waals surface area contributed by atoms with Crippen LogP contribution in [0.15, 0.2) is 152 Å². The Balaban J connectivity index is 1.19. The third-order valence-electron chi connectivity index (χ3n) is 9.60. The first-order valence-electron chi connectivity index (χ1n) is 16.3. The topological polar surface area (TPSA) is 81.2 Å². The molecule has 0 fully saturated rings. The lowest BCUT2D eigenvalue weighted by atomic mass is 9.96. The third kappa shape index (κ3) is 4.45. The molecule has 0 aliphatic heterocycles. The number of hydrogen-bond donors (Lipinski definition) is 0. The molecule has 5 heteroatoms. The van der Waals surface area contributed by atoms with Crippen LogP contribution in [0.1, 0.15) is 16.7 Å². The molecule has 0 saturated carbocycles. The summed E-state index contributed by atoms with van der Waals surface area (Å²) in [6.45, 7) is 0. The van der Waals surface area contributed by atoms with E-state index in [1.165, 1.54) is 21.8 Å². The molecule has 9 rings (SSSR count). The van der Waals surface area contributed by atoms with Gasteiger partial charge in [-0.2, -0.15) is 15.8 Å². The average molecular weight is 636 g/mol. The number of benzene rings is 7. The van der Waals surface area contributed by atoms with Gasteiger partial charge < -0.3 is 9.13 Å². The number of rotatable bonds is 4. The summed E-state index contributed by atoms with van der Waals surface area (Å²) in [6, 6.07) is 58.0. The second-order valence-corrected chi connectivity index (χ2v) is 12.4. The Morgan fingerprint density at radius 1 is 0.360 bits per heavy atom. The van der Waals surface area contributed by atoms with Crippen LogP contribution in [0, 0.1) is 34.0 Å². The maximum absolute atomic E-state index is 9.96. The average Bonchev–Trinajstić information content (AvgIpc) is 3.69. The number of aromatic nitrogens is 2. The van der Waals surface area contributed by atoms with E-state index >= 15 is 0 Å². The standard InChI is InChI=1S/C45H25N5/c46-26-29-14-21-43-40(22-29)39-20-13-31(28-48)24-45(39)50(43)44-23-30(27-47)12-19-36(44)34-7-5-6-33(25-34)32-15-17-35(18-16-32)49-41-10-3-1-8-37(41)38-9-2-4-11-42(38)49/h1-25H. The van der Waals surface area contributed by atoms with E-state index in [0.717, 1.165) is 55.4 Å². The van der Waals surface area contributed by atoms with Gasteiger partial charge in [-0.1, -0.05) is 78.9 Å². The molecule has 0 amide bonds. The van der Waals surface area contributed by atoms with Crippen LogP contribution in [0.3, 0.4) is 0 Å². The minimum Gasteiger partial charge on any atom is -0.309 e. The molecule has 230 valence electrons. The molecule has 0 spiro atoms. The number of hydrogen-bond acceptors (Lipinski definition) is 3. The molecule has 0 N–H and O–H groups in total. The zero-order valence-corrected chi connectivity index (χ0v) is 26.7. The lowest BCUT2D eigenvalue weighted by Crippen LogP contribution is -1.99. The molecule has 2 heterocycles. The van der Waals surface area contributed by atoms with Crippen LogP contribution in [-0.2, 0) is 0 Å². The zero-order chi connectivity index (χ0) is 33.8. The van der Waals surface area contributed by atoms with Crippen molar-refractivity contribution in [1.29, 1.82) is 15.8 Å². The van der Waals surface area contributed by atoms with Crippen LogP contribution < -0.4 is 0 Å². The Labute approximate surface area is 287 Å². The molecule has 0 bridgehead atoms. The normalized spacial score (nSPS) is 11.1. The van der Waals surface area contributed by atoms with Gasteiger partial charge in [-0.25, -0.2) is 0 Å². The van der Waals surface area contributed by atoms with E-state index in [1.54, 1.807) is 12.1 Å². The Morgan fingerprint density at radius 2 is 0.940 bits per heavy atom. The van der Waals surface area contributed by atoms with Gasteiger partial charge in [-0.15, -0.1) is 0 Å². The highest BCUT2D eigenvalue weighted by atomic mass is 15.0. The van der Waals surface area contributed by atoms with Crippen LogP contribution in [0.25, 0.3) is 77.2 Å². The Morgan fingerprint density at radius 3 is 1.66 bits per heavy atom. The fourth-order valence-electron chi connectivity index (χ4n) is 7.32. The van der Waals surface area contributed by atoms with Crippen molar-refractivity contribution in [1.82, 2.24) is 9.13 Å².